The highest BCUT2D eigenvalue weighted by molar-refractivity contribution is 7.89. The van der Waals surface area contributed by atoms with Crippen LogP contribution >= 0.6 is 0 Å². The normalized spacial score (nSPS) is 11.4. The second kappa shape index (κ2) is 7.36. The summed E-state index contributed by atoms with van der Waals surface area (Å²) in [4.78, 5) is 8.05. The van der Waals surface area contributed by atoms with E-state index < -0.39 is 15.8 Å². The van der Waals surface area contributed by atoms with Gasteiger partial charge in [0.05, 0.1) is 4.90 Å². The highest BCUT2D eigenvalue weighted by Crippen LogP contribution is 2.10. The molecule has 8 nitrogen and oxygen atoms in total. The molecule has 0 spiro atoms. The molecule has 10 heteroatoms. The molecule has 0 saturated heterocycles. The van der Waals surface area contributed by atoms with Gasteiger partial charge in [-0.2, -0.15) is 5.10 Å². The zero-order valence-corrected chi connectivity index (χ0v) is 13.8. The van der Waals surface area contributed by atoms with E-state index in [1.54, 1.807) is 29.2 Å². The first-order valence-electron chi connectivity index (χ1n) is 7.36. The van der Waals surface area contributed by atoms with Crippen LogP contribution in [0.15, 0.2) is 60.0 Å². The fraction of sp³-hybridized carbons (Fsp3) is 0.133. The molecule has 3 aromatic rings. The van der Waals surface area contributed by atoms with E-state index in [2.05, 4.69) is 25.1 Å². The second-order valence-corrected chi connectivity index (χ2v) is 6.76. The van der Waals surface area contributed by atoms with Gasteiger partial charge in [0.15, 0.2) is 5.82 Å². The zero-order chi connectivity index (χ0) is 17.7. The molecule has 0 amide bonds. The minimum Gasteiger partial charge on any atom is -0.369 e. The van der Waals surface area contributed by atoms with E-state index in [1.165, 1.54) is 24.5 Å². The predicted molar refractivity (Wildman–Crippen MR) is 89.2 cm³/mol. The quantitative estimate of drug-likeness (QED) is 0.612. The monoisotopic (exact) mass is 362 g/mol. The van der Waals surface area contributed by atoms with Crippen molar-refractivity contribution < 1.29 is 12.8 Å². The first kappa shape index (κ1) is 17.0. The summed E-state index contributed by atoms with van der Waals surface area (Å²) in [6.07, 6.45) is 4.77. The lowest BCUT2D eigenvalue weighted by Crippen LogP contribution is -2.29. The fourth-order valence-electron chi connectivity index (χ4n) is 2.07. The summed E-state index contributed by atoms with van der Waals surface area (Å²) in [7, 11) is -3.76. The van der Waals surface area contributed by atoms with Crippen LogP contribution in [-0.2, 0) is 10.0 Å². The van der Waals surface area contributed by atoms with Crippen LogP contribution in [0.4, 0.5) is 10.2 Å². The average molecular weight is 362 g/mol. The van der Waals surface area contributed by atoms with E-state index >= 15 is 0 Å². The number of anilines is 1. The van der Waals surface area contributed by atoms with Crippen molar-refractivity contribution in [1.29, 1.82) is 0 Å². The Morgan fingerprint density at radius 3 is 2.76 bits per heavy atom. The molecule has 0 atom stereocenters. The molecule has 0 unspecified atom stereocenters. The van der Waals surface area contributed by atoms with Gasteiger partial charge in [-0.05, 0) is 24.3 Å². The van der Waals surface area contributed by atoms with Crippen LogP contribution in [0.3, 0.4) is 0 Å². The highest BCUT2D eigenvalue weighted by atomic mass is 32.2. The number of nitrogens with zero attached hydrogens (tertiary/aromatic N) is 4. The number of benzene rings is 1. The molecule has 0 aliphatic rings. The van der Waals surface area contributed by atoms with Gasteiger partial charge in [0, 0.05) is 31.5 Å². The van der Waals surface area contributed by atoms with Gasteiger partial charge in [-0.25, -0.2) is 32.2 Å². The molecule has 25 heavy (non-hydrogen) atoms. The Morgan fingerprint density at radius 2 is 2.00 bits per heavy atom. The molecule has 0 aliphatic heterocycles. The van der Waals surface area contributed by atoms with Crippen LogP contribution in [0.1, 0.15) is 0 Å². The van der Waals surface area contributed by atoms with Crippen molar-refractivity contribution in [3.8, 4) is 5.82 Å². The van der Waals surface area contributed by atoms with Gasteiger partial charge in [-0.15, -0.1) is 0 Å². The maximum absolute atomic E-state index is 13.1. The van der Waals surface area contributed by atoms with Crippen molar-refractivity contribution in [2.45, 2.75) is 4.90 Å². The minimum atomic E-state index is -3.76. The molecule has 3 rings (SSSR count). The molecule has 1 aromatic carbocycles. The Hall–Kier alpha value is -2.85. The number of aromatic nitrogens is 4. The second-order valence-electron chi connectivity index (χ2n) is 4.99. The van der Waals surface area contributed by atoms with E-state index in [1.807, 2.05) is 0 Å². The molecule has 0 bridgehead atoms. The molecule has 2 heterocycles. The zero-order valence-electron chi connectivity index (χ0n) is 13.0. The Balaban J connectivity index is 1.56. The van der Waals surface area contributed by atoms with Crippen molar-refractivity contribution in [3.63, 3.8) is 0 Å². The standard InChI is InChI=1S/C15H15FN6O2S/c16-12-3-1-4-13(9-12)25(23,24)21-7-6-17-14-10-15(19-11-18-14)22-8-2-5-20-22/h1-5,8-11,21H,6-7H2,(H,17,18,19). The van der Waals surface area contributed by atoms with Crippen LogP contribution < -0.4 is 10.0 Å². The van der Waals surface area contributed by atoms with E-state index in [4.69, 9.17) is 0 Å². The van der Waals surface area contributed by atoms with Crippen LogP contribution in [0.25, 0.3) is 5.82 Å². The van der Waals surface area contributed by atoms with Gasteiger partial charge in [0.2, 0.25) is 10.0 Å². The van der Waals surface area contributed by atoms with Gasteiger partial charge in [0.1, 0.15) is 18.0 Å². The minimum absolute atomic E-state index is 0.111. The number of nitrogens with one attached hydrogen (secondary N) is 2. The van der Waals surface area contributed by atoms with E-state index in [-0.39, 0.29) is 11.4 Å². The molecular formula is C15H15FN6O2S. The number of hydrogen-bond acceptors (Lipinski definition) is 6. The molecular weight excluding hydrogens is 347 g/mol. The summed E-state index contributed by atoms with van der Waals surface area (Å²) in [5.74, 6) is 0.515. The molecule has 2 N–H and O–H groups in total. The molecule has 2 aromatic heterocycles. The summed E-state index contributed by atoms with van der Waals surface area (Å²) in [6, 6.07) is 8.30. The van der Waals surface area contributed by atoms with Gasteiger partial charge < -0.3 is 5.32 Å². The third kappa shape index (κ3) is 4.37. The maximum Gasteiger partial charge on any atom is 0.240 e. The van der Waals surface area contributed by atoms with Gasteiger partial charge in [0.25, 0.3) is 0 Å². The largest absolute Gasteiger partial charge is 0.369 e. The summed E-state index contributed by atoms with van der Waals surface area (Å²) in [6.45, 7) is 0.407. The lowest BCUT2D eigenvalue weighted by molar-refractivity contribution is 0.579. The summed E-state index contributed by atoms with van der Waals surface area (Å²) >= 11 is 0. The summed E-state index contributed by atoms with van der Waals surface area (Å²) in [5.41, 5.74) is 0. The number of halogens is 1. The van der Waals surface area contributed by atoms with Crippen LogP contribution in [0, 0.1) is 5.82 Å². The number of sulfonamides is 1. The van der Waals surface area contributed by atoms with Crippen molar-refractivity contribution in [3.05, 3.63) is 60.9 Å². The third-order valence-electron chi connectivity index (χ3n) is 3.22. The maximum atomic E-state index is 13.1. The van der Waals surface area contributed by atoms with Crippen LogP contribution in [0.2, 0.25) is 0 Å². The Bertz CT molecular complexity index is 946. The first-order valence-corrected chi connectivity index (χ1v) is 8.84. The van der Waals surface area contributed by atoms with Crippen molar-refractivity contribution in [2.24, 2.45) is 0 Å². The van der Waals surface area contributed by atoms with Crippen molar-refractivity contribution >= 4 is 15.8 Å². The smallest absolute Gasteiger partial charge is 0.240 e. The molecule has 0 radical (unpaired) electrons. The van der Waals surface area contributed by atoms with Crippen LogP contribution in [-0.4, -0.2) is 41.3 Å². The van der Waals surface area contributed by atoms with Crippen molar-refractivity contribution in [2.75, 3.05) is 18.4 Å². The lowest BCUT2D eigenvalue weighted by atomic mass is 10.4. The van der Waals surface area contributed by atoms with Crippen molar-refractivity contribution in [1.82, 2.24) is 24.5 Å². The number of hydrogen-bond donors (Lipinski definition) is 2. The van der Waals surface area contributed by atoms with Crippen LogP contribution in [0.5, 0.6) is 0 Å². The topological polar surface area (TPSA) is 102 Å². The third-order valence-corrected chi connectivity index (χ3v) is 4.68. The summed E-state index contributed by atoms with van der Waals surface area (Å²) in [5, 5.41) is 7.06. The Labute approximate surface area is 143 Å². The molecule has 0 fully saturated rings. The molecule has 0 aliphatic carbocycles. The average Bonchev–Trinajstić information content (AvgIpc) is 3.14. The summed E-state index contributed by atoms with van der Waals surface area (Å²) < 4.78 is 41.2. The highest BCUT2D eigenvalue weighted by Gasteiger charge is 2.13. The lowest BCUT2D eigenvalue weighted by Gasteiger charge is -2.09. The van der Waals surface area contributed by atoms with E-state index in [0.717, 1.165) is 6.07 Å². The van der Waals surface area contributed by atoms with E-state index in [9.17, 15) is 12.8 Å². The SMILES string of the molecule is O=S(=O)(NCCNc1cc(-n2cccn2)ncn1)c1cccc(F)c1. The van der Waals surface area contributed by atoms with Gasteiger partial charge >= 0.3 is 0 Å². The number of rotatable bonds is 7. The Kier molecular flexibility index (Phi) is 5.00. The van der Waals surface area contributed by atoms with Gasteiger partial charge in [-0.3, -0.25) is 0 Å². The molecule has 130 valence electrons. The molecule has 0 saturated carbocycles. The van der Waals surface area contributed by atoms with E-state index in [0.29, 0.717) is 18.2 Å². The first-order chi connectivity index (χ1) is 12.0. The van der Waals surface area contributed by atoms with Gasteiger partial charge in [-0.1, -0.05) is 6.07 Å². The predicted octanol–water partition coefficient (Wildman–Crippen LogP) is 1.19. The fourth-order valence-corrected chi connectivity index (χ4v) is 3.13. The Morgan fingerprint density at radius 1 is 1.12 bits per heavy atom.